The van der Waals surface area contributed by atoms with Crippen molar-refractivity contribution in [2.45, 2.75) is 72.1 Å². The summed E-state index contributed by atoms with van der Waals surface area (Å²) in [5.41, 5.74) is 0.662. The lowest BCUT2D eigenvalue weighted by atomic mass is 9.69. The Kier molecular flexibility index (Phi) is 4.28. The molecule has 0 heterocycles. The van der Waals surface area contributed by atoms with Crippen molar-refractivity contribution in [3.05, 3.63) is 0 Å². The first kappa shape index (κ1) is 11.1. The van der Waals surface area contributed by atoms with Crippen molar-refractivity contribution in [1.82, 2.24) is 0 Å². The molecule has 1 aliphatic rings. The second kappa shape index (κ2) is 5.02. The molecule has 0 aromatic rings. The first-order chi connectivity index (χ1) is 6.19. The molecule has 0 amide bonds. The molecule has 78 valence electrons. The van der Waals surface area contributed by atoms with Gasteiger partial charge >= 0.3 is 0 Å². The third kappa shape index (κ3) is 3.00. The molecular weight excluding hydrogens is 156 g/mol. The van der Waals surface area contributed by atoms with Crippen molar-refractivity contribution < 1.29 is 0 Å². The maximum absolute atomic E-state index is 2.52. The van der Waals surface area contributed by atoms with Crippen molar-refractivity contribution in [3.8, 4) is 0 Å². The van der Waals surface area contributed by atoms with Gasteiger partial charge in [0.15, 0.2) is 0 Å². The molecule has 0 aromatic heterocycles. The van der Waals surface area contributed by atoms with Crippen molar-refractivity contribution in [2.75, 3.05) is 0 Å². The van der Waals surface area contributed by atoms with Crippen LogP contribution >= 0.6 is 0 Å². The molecule has 0 radical (unpaired) electrons. The highest BCUT2D eigenvalue weighted by molar-refractivity contribution is 4.80. The van der Waals surface area contributed by atoms with E-state index in [1.807, 2.05) is 0 Å². The maximum Gasteiger partial charge on any atom is -0.0300 e. The Bertz CT molecular complexity index is 129. The molecule has 1 saturated carbocycles. The summed E-state index contributed by atoms with van der Waals surface area (Å²) in [6.07, 6.45) is 11.7. The number of hydrogen-bond donors (Lipinski definition) is 0. The molecule has 0 saturated heterocycles. The van der Waals surface area contributed by atoms with Gasteiger partial charge in [-0.25, -0.2) is 0 Å². The van der Waals surface area contributed by atoms with Crippen LogP contribution in [0, 0.1) is 11.3 Å². The van der Waals surface area contributed by atoms with E-state index in [2.05, 4.69) is 20.8 Å². The van der Waals surface area contributed by atoms with Gasteiger partial charge in [-0.3, -0.25) is 0 Å². The molecule has 0 heteroatoms. The van der Waals surface area contributed by atoms with E-state index in [0.29, 0.717) is 5.41 Å². The smallest absolute Gasteiger partial charge is 0.0300 e. The fraction of sp³-hybridized carbons (Fsp3) is 1.00. The average molecular weight is 182 g/mol. The quantitative estimate of drug-likeness (QED) is 0.576. The summed E-state index contributed by atoms with van der Waals surface area (Å²) in [5.74, 6) is 0.922. The van der Waals surface area contributed by atoms with Gasteiger partial charge in [-0.1, -0.05) is 59.3 Å². The fourth-order valence-corrected chi connectivity index (χ4v) is 2.70. The molecule has 0 nitrogen and oxygen atoms in total. The van der Waals surface area contributed by atoms with Gasteiger partial charge in [-0.15, -0.1) is 0 Å². The van der Waals surface area contributed by atoms with Crippen molar-refractivity contribution in [3.63, 3.8) is 0 Å². The average Bonchev–Trinajstić information content (AvgIpc) is 2.10. The highest BCUT2D eigenvalue weighted by Crippen LogP contribution is 2.41. The lowest BCUT2D eigenvalue weighted by Gasteiger charge is -2.37. The van der Waals surface area contributed by atoms with Gasteiger partial charge in [0, 0.05) is 0 Å². The lowest BCUT2D eigenvalue weighted by Crippen LogP contribution is -2.25. The first-order valence-corrected chi connectivity index (χ1v) is 6.19. The van der Waals surface area contributed by atoms with Crippen LogP contribution in [0.15, 0.2) is 0 Å². The Hall–Kier alpha value is 0. The zero-order chi connectivity index (χ0) is 9.73. The third-order valence-electron chi connectivity index (χ3n) is 4.30. The molecule has 1 aliphatic carbocycles. The van der Waals surface area contributed by atoms with Crippen molar-refractivity contribution in [1.29, 1.82) is 0 Å². The van der Waals surface area contributed by atoms with Crippen LogP contribution in [0.4, 0.5) is 0 Å². The van der Waals surface area contributed by atoms with E-state index in [1.165, 1.54) is 51.4 Å². The van der Waals surface area contributed by atoms with E-state index in [4.69, 9.17) is 0 Å². The van der Waals surface area contributed by atoms with Gasteiger partial charge in [-0.05, 0) is 24.2 Å². The predicted octanol–water partition coefficient (Wildman–Crippen LogP) is 4.78. The normalized spacial score (nSPS) is 26.1. The summed E-state index contributed by atoms with van der Waals surface area (Å²) in [6.45, 7) is 7.31. The van der Waals surface area contributed by atoms with Gasteiger partial charge in [0.1, 0.15) is 0 Å². The molecule has 0 aliphatic heterocycles. The first-order valence-electron chi connectivity index (χ1n) is 6.19. The minimum Gasteiger partial charge on any atom is -0.0651 e. The van der Waals surface area contributed by atoms with Crippen LogP contribution in [0.2, 0.25) is 0 Å². The molecule has 13 heavy (non-hydrogen) atoms. The van der Waals surface area contributed by atoms with Gasteiger partial charge in [0.05, 0.1) is 0 Å². The lowest BCUT2D eigenvalue weighted by molar-refractivity contribution is 0.143. The standard InChI is InChI=1S/C13H26/c1-4-12(2)13(3)10-8-6-5-7-9-11-13/h12H,4-11H2,1-3H3. The molecule has 1 unspecified atom stereocenters. The predicted molar refractivity (Wildman–Crippen MR) is 59.9 cm³/mol. The van der Waals surface area contributed by atoms with E-state index in [-0.39, 0.29) is 0 Å². The minimum absolute atomic E-state index is 0.662. The van der Waals surface area contributed by atoms with Gasteiger partial charge in [-0.2, -0.15) is 0 Å². The minimum atomic E-state index is 0.662. The molecule has 0 bridgehead atoms. The van der Waals surface area contributed by atoms with Gasteiger partial charge in [0.25, 0.3) is 0 Å². The molecule has 0 N–H and O–H groups in total. The number of hydrogen-bond acceptors (Lipinski definition) is 0. The summed E-state index contributed by atoms with van der Waals surface area (Å²) >= 11 is 0. The van der Waals surface area contributed by atoms with Crippen LogP contribution in [-0.2, 0) is 0 Å². The fourth-order valence-electron chi connectivity index (χ4n) is 2.70. The highest BCUT2D eigenvalue weighted by atomic mass is 14.3. The van der Waals surface area contributed by atoms with Gasteiger partial charge < -0.3 is 0 Å². The monoisotopic (exact) mass is 182 g/mol. The van der Waals surface area contributed by atoms with E-state index >= 15 is 0 Å². The second-order valence-electron chi connectivity index (χ2n) is 5.23. The zero-order valence-corrected chi connectivity index (χ0v) is 9.73. The van der Waals surface area contributed by atoms with Crippen molar-refractivity contribution in [2.24, 2.45) is 11.3 Å². The molecule has 0 aromatic carbocycles. The van der Waals surface area contributed by atoms with E-state index in [1.54, 1.807) is 0 Å². The van der Waals surface area contributed by atoms with Crippen LogP contribution in [0.3, 0.4) is 0 Å². The summed E-state index contributed by atoms with van der Waals surface area (Å²) in [7, 11) is 0. The Morgan fingerprint density at radius 1 is 1.00 bits per heavy atom. The van der Waals surface area contributed by atoms with Gasteiger partial charge in [0.2, 0.25) is 0 Å². The molecule has 1 atom stereocenters. The zero-order valence-electron chi connectivity index (χ0n) is 9.73. The summed E-state index contributed by atoms with van der Waals surface area (Å²) in [5, 5.41) is 0. The summed E-state index contributed by atoms with van der Waals surface area (Å²) < 4.78 is 0. The third-order valence-corrected chi connectivity index (χ3v) is 4.30. The van der Waals surface area contributed by atoms with E-state index in [0.717, 1.165) is 5.92 Å². The molecular formula is C13H26. The Morgan fingerprint density at radius 3 is 1.92 bits per heavy atom. The Balaban J connectivity index is 2.51. The second-order valence-corrected chi connectivity index (χ2v) is 5.23. The SMILES string of the molecule is CCC(C)C1(C)CCCCCCC1. The van der Waals surface area contributed by atoms with Crippen LogP contribution in [0.25, 0.3) is 0 Å². The van der Waals surface area contributed by atoms with E-state index < -0.39 is 0 Å². The largest absolute Gasteiger partial charge is 0.0651 e. The van der Waals surface area contributed by atoms with Crippen LogP contribution < -0.4 is 0 Å². The Labute approximate surface area is 84.1 Å². The molecule has 1 rings (SSSR count). The molecule has 1 fully saturated rings. The molecule has 0 spiro atoms. The topological polar surface area (TPSA) is 0 Å². The Morgan fingerprint density at radius 2 is 1.46 bits per heavy atom. The van der Waals surface area contributed by atoms with E-state index in [9.17, 15) is 0 Å². The van der Waals surface area contributed by atoms with Crippen LogP contribution in [0.5, 0.6) is 0 Å². The maximum atomic E-state index is 2.52. The summed E-state index contributed by atoms with van der Waals surface area (Å²) in [6, 6.07) is 0. The van der Waals surface area contributed by atoms with Crippen LogP contribution in [0.1, 0.15) is 72.1 Å². The highest BCUT2D eigenvalue weighted by Gasteiger charge is 2.29. The van der Waals surface area contributed by atoms with Crippen molar-refractivity contribution >= 4 is 0 Å². The summed E-state index contributed by atoms with van der Waals surface area (Å²) in [4.78, 5) is 0. The number of rotatable bonds is 2. The van der Waals surface area contributed by atoms with Crippen LogP contribution in [-0.4, -0.2) is 0 Å².